The molecule has 2 aromatic carbocycles. The number of carbonyl (C=O) groups is 1. The smallest absolute Gasteiger partial charge is 0.306 e. The zero-order valence-corrected chi connectivity index (χ0v) is 14.7. The molecule has 5 nitrogen and oxygen atoms in total. The van der Waals surface area contributed by atoms with Crippen molar-refractivity contribution < 1.29 is 18.8 Å². The molecule has 0 radical (unpaired) electrons. The fourth-order valence-corrected chi connectivity index (χ4v) is 2.46. The van der Waals surface area contributed by atoms with Crippen LogP contribution in [0.15, 0.2) is 65.2 Å². The highest BCUT2D eigenvalue weighted by molar-refractivity contribution is 5.69. The molecule has 0 spiro atoms. The van der Waals surface area contributed by atoms with Crippen molar-refractivity contribution >= 4 is 5.97 Å². The summed E-state index contributed by atoms with van der Waals surface area (Å²) in [7, 11) is 0. The van der Waals surface area contributed by atoms with Gasteiger partial charge in [0.1, 0.15) is 11.4 Å². The van der Waals surface area contributed by atoms with E-state index in [1.807, 2.05) is 61.5 Å². The standard InChI is InChI=1S/C21H21NO4/c1-16-7-5-10-18(13-16)24-12-6-11-21(23)25-15-19-14-20(22-26-19)17-8-3-2-4-9-17/h2-5,7-10,13-14H,6,11-12,15H2,1H3. The Morgan fingerprint density at radius 2 is 1.92 bits per heavy atom. The summed E-state index contributed by atoms with van der Waals surface area (Å²) in [6.45, 7) is 2.56. The fraction of sp³-hybridized carbons (Fsp3) is 0.238. The molecule has 0 amide bonds. The lowest BCUT2D eigenvalue weighted by Gasteiger charge is -2.06. The normalized spacial score (nSPS) is 10.5. The minimum absolute atomic E-state index is 0.0808. The van der Waals surface area contributed by atoms with Crippen LogP contribution in [0.4, 0.5) is 0 Å². The summed E-state index contributed by atoms with van der Waals surface area (Å²) in [5, 5.41) is 3.99. The van der Waals surface area contributed by atoms with Crippen LogP contribution in [0, 0.1) is 6.92 Å². The van der Waals surface area contributed by atoms with Gasteiger partial charge in [0, 0.05) is 18.1 Å². The monoisotopic (exact) mass is 351 g/mol. The molecule has 0 unspecified atom stereocenters. The summed E-state index contributed by atoms with van der Waals surface area (Å²) in [5.41, 5.74) is 2.83. The highest BCUT2D eigenvalue weighted by Gasteiger charge is 2.09. The Labute approximate surface area is 152 Å². The van der Waals surface area contributed by atoms with E-state index < -0.39 is 0 Å². The van der Waals surface area contributed by atoms with E-state index in [0.717, 1.165) is 22.6 Å². The second-order valence-electron chi connectivity index (χ2n) is 5.97. The summed E-state index contributed by atoms with van der Waals surface area (Å²) in [6, 6.07) is 19.3. The zero-order valence-electron chi connectivity index (χ0n) is 14.7. The second kappa shape index (κ2) is 8.85. The molecule has 5 heteroatoms. The third-order valence-corrected chi connectivity index (χ3v) is 3.79. The number of aromatic nitrogens is 1. The minimum Gasteiger partial charge on any atom is -0.494 e. The molecular weight excluding hydrogens is 330 g/mol. The van der Waals surface area contributed by atoms with Crippen molar-refractivity contribution in [3.8, 4) is 17.0 Å². The van der Waals surface area contributed by atoms with Crippen LogP contribution in [0.25, 0.3) is 11.3 Å². The van der Waals surface area contributed by atoms with Gasteiger partial charge < -0.3 is 14.0 Å². The van der Waals surface area contributed by atoms with Crippen LogP contribution in [-0.2, 0) is 16.1 Å². The highest BCUT2D eigenvalue weighted by Crippen LogP contribution is 2.19. The number of carbonyl (C=O) groups excluding carboxylic acids is 1. The molecule has 1 aromatic heterocycles. The van der Waals surface area contributed by atoms with Crippen LogP contribution >= 0.6 is 0 Å². The Kier molecular flexibility index (Phi) is 6.04. The summed E-state index contributed by atoms with van der Waals surface area (Å²) in [4.78, 5) is 11.8. The van der Waals surface area contributed by atoms with Crippen LogP contribution < -0.4 is 4.74 Å². The number of esters is 1. The molecule has 26 heavy (non-hydrogen) atoms. The Bertz CT molecular complexity index is 842. The lowest BCUT2D eigenvalue weighted by molar-refractivity contribution is -0.145. The van der Waals surface area contributed by atoms with Gasteiger partial charge >= 0.3 is 5.97 Å². The summed E-state index contributed by atoms with van der Waals surface area (Å²) in [6.07, 6.45) is 0.893. The van der Waals surface area contributed by atoms with Gasteiger partial charge in [-0.05, 0) is 31.0 Å². The van der Waals surface area contributed by atoms with Crippen molar-refractivity contribution in [1.82, 2.24) is 5.16 Å². The first-order valence-electron chi connectivity index (χ1n) is 8.57. The molecule has 0 aliphatic heterocycles. The molecule has 134 valence electrons. The number of hydrogen-bond acceptors (Lipinski definition) is 5. The molecular formula is C21H21NO4. The van der Waals surface area contributed by atoms with Gasteiger partial charge in [0.2, 0.25) is 0 Å². The number of aryl methyl sites for hydroxylation is 1. The van der Waals surface area contributed by atoms with Gasteiger partial charge in [-0.2, -0.15) is 0 Å². The summed E-state index contributed by atoms with van der Waals surface area (Å²) >= 11 is 0. The molecule has 0 saturated carbocycles. The second-order valence-corrected chi connectivity index (χ2v) is 5.97. The average molecular weight is 351 g/mol. The van der Waals surface area contributed by atoms with Crippen LogP contribution in [0.5, 0.6) is 5.75 Å². The number of benzene rings is 2. The molecule has 0 aliphatic carbocycles. The quantitative estimate of drug-likeness (QED) is 0.440. The van der Waals surface area contributed by atoms with E-state index in [1.165, 1.54) is 0 Å². The van der Waals surface area contributed by atoms with E-state index in [4.69, 9.17) is 14.0 Å². The van der Waals surface area contributed by atoms with Gasteiger partial charge in [0.15, 0.2) is 12.4 Å². The van der Waals surface area contributed by atoms with E-state index in [1.54, 1.807) is 6.07 Å². The fourth-order valence-electron chi connectivity index (χ4n) is 2.46. The average Bonchev–Trinajstić information content (AvgIpc) is 3.13. The van der Waals surface area contributed by atoms with Gasteiger partial charge in [-0.1, -0.05) is 47.6 Å². The first kappa shape index (κ1) is 17.7. The molecule has 0 atom stereocenters. The molecule has 3 rings (SSSR count). The van der Waals surface area contributed by atoms with Gasteiger partial charge in [-0.3, -0.25) is 4.79 Å². The van der Waals surface area contributed by atoms with Crippen LogP contribution in [0.2, 0.25) is 0 Å². The van der Waals surface area contributed by atoms with Crippen molar-refractivity contribution in [2.45, 2.75) is 26.4 Å². The van der Waals surface area contributed by atoms with E-state index >= 15 is 0 Å². The Hall–Kier alpha value is -3.08. The van der Waals surface area contributed by atoms with E-state index in [-0.39, 0.29) is 12.6 Å². The van der Waals surface area contributed by atoms with Crippen LogP contribution in [0.1, 0.15) is 24.2 Å². The topological polar surface area (TPSA) is 61.6 Å². The Balaban J connectivity index is 1.37. The van der Waals surface area contributed by atoms with Gasteiger partial charge in [-0.15, -0.1) is 0 Å². The van der Waals surface area contributed by atoms with Crippen molar-refractivity contribution in [3.05, 3.63) is 72.0 Å². The molecule has 1 heterocycles. The SMILES string of the molecule is Cc1cccc(OCCCC(=O)OCc2cc(-c3ccccc3)no2)c1. The van der Waals surface area contributed by atoms with Crippen molar-refractivity contribution in [3.63, 3.8) is 0 Å². The van der Waals surface area contributed by atoms with Crippen LogP contribution in [0.3, 0.4) is 0 Å². The summed E-state index contributed by atoms with van der Waals surface area (Å²) in [5.74, 6) is 1.05. The van der Waals surface area contributed by atoms with Crippen molar-refractivity contribution in [2.24, 2.45) is 0 Å². The van der Waals surface area contributed by atoms with E-state index in [2.05, 4.69) is 5.16 Å². The number of rotatable bonds is 8. The van der Waals surface area contributed by atoms with Gasteiger partial charge in [0.05, 0.1) is 6.61 Å². The third kappa shape index (κ3) is 5.21. The Morgan fingerprint density at radius 1 is 1.08 bits per heavy atom. The lowest BCUT2D eigenvalue weighted by Crippen LogP contribution is -2.07. The maximum absolute atomic E-state index is 11.8. The maximum atomic E-state index is 11.8. The maximum Gasteiger partial charge on any atom is 0.306 e. The van der Waals surface area contributed by atoms with Crippen LogP contribution in [-0.4, -0.2) is 17.7 Å². The first-order valence-corrected chi connectivity index (χ1v) is 8.57. The molecule has 0 saturated heterocycles. The molecule has 0 fully saturated rings. The number of ether oxygens (including phenoxy) is 2. The van der Waals surface area contributed by atoms with Crippen molar-refractivity contribution in [2.75, 3.05) is 6.61 Å². The number of hydrogen-bond donors (Lipinski definition) is 0. The minimum atomic E-state index is -0.282. The molecule has 0 aliphatic rings. The molecule has 3 aromatic rings. The highest BCUT2D eigenvalue weighted by atomic mass is 16.5. The van der Waals surface area contributed by atoms with Gasteiger partial charge in [-0.25, -0.2) is 0 Å². The molecule has 0 bridgehead atoms. The van der Waals surface area contributed by atoms with E-state index in [9.17, 15) is 4.79 Å². The summed E-state index contributed by atoms with van der Waals surface area (Å²) < 4.78 is 16.0. The zero-order chi connectivity index (χ0) is 18.2. The predicted octanol–water partition coefficient (Wildman–Crippen LogP) is 4.55. The lowest BCUT2D eigenvalue weighted by atomic mass is 10.1. The predicted molar refractivity (Wildman–Crippen MR) is 97.6 cm³/mol. The van der Waals surface area contributed by atoms with E-state index in [0.29, 0.717) is 25.2 Å². The van der Waals surface area contributed by atoms with Gasteiger partial charge in [0.25, 0.3) is 0 Å². The third-order valence-electron chi connectivity index (χ3n) is 3.79. The van der Waals surface area contributed by atoms with Crippen molar-refractivity contribution in [1.29, 1.82) is 0 Å². The molecule has 0 N–H and O–H groups in total. The number of nitrogens with zero attached hydrogens (tertiary/aromatic N) is 1. The first-order chi connectivity index (χ1) is 12.7. The Morgan fingerprint density at radius 3 is 2.73 bits per heavy atom. The largest absolute Gasteiger partial charge is 0.494 e.